The fraction of sp³-hybridized carbons (Fsp3) is 0.167. The van der Waals surface area contributed by atoms with E-state index < -0.39 is 0 Å². The summed E-state index contributed by atoms with van der Waals surface area (Å²) in [6.45, 7) is 3.22. The number of nitrogens with one attached hydrogen (secondary N) is 1. The average Bonchev–Trinajstić information content (AvgIpc) is 2.56. The molecule has 0 atom stereocenters. The molecule has 3 aromatic rings. The summed E-state index contributed by atoms with van der Waals surface area (Å²) in [5.41, 5.74) is 3.20. The van der Waals surface area contributed by atoms with Crippen LogP contribution in [-0.4, -0.2) is 14.5 Å². The van der Waals surface area contributed by atoms with Crippen molar-refractivity contribution in [3.63, 3.8) is 0 Å². The van der Waals surface area contributed by atoms with E-state index in [-0.39, 0.29) is 5.56 Å². The summed E-state index contributed by atoms with van der Waals surface area (Å²) in [4.78, 5) is 20.0. The predicted octanol–water partition coefficient (Wildman–Crippen LogP) is 2.61. The van der Waals surface area contributed by atoms with Crippen molar-refractivity contribution in [1.82, 2.24) is 14.5 Å². The Kier molecular flexibility index (Phi) is 4.47. The van der Waals surface area contributed by atoms with Gasteiger partial charge in [0, 0.05) is 30.6 Å². The second-order valence-corrected chi connectivity index (χ2v) is 5.38. The van der Waals surface area contributed by atoms with Crippen molar-refractivity contribution in [3.8, 4) is 0 Å². The SMILES string of the molecule is Cc1cc(NCc2ccc(Cn3ccccc3=O)cc2)ncn1. The first-order valence-corrected chi connectivity index (χ1v) is 7.46. The zero-order valence-electron chi connectivity index (χ0n) is 12.9. The first-order chi connectivity index (χ1) is 11.2. The molecular formula is C18H18N4O. The largest absolute Gasteiger partial charge is 0.366 e. The minimum absolute atomic E-state index is 0.0115. The summed E-state index contributed by atoms with van der Waals surface area (Å²) in [6.07, 6.45) is 3.35. The van der Waals surface area contributed by atoms with Crippen LogP contribution in [0.3, 0.4) is 0 Å². The van der Waals surface area contributed by atoms with Crippen molar-refractivity contribution in [1.29, 1.82) is 0 Å². The van der Waals surface area contributed by atoms with Gasteiger partial charge in [0.2, 0.25) is 0 Å². The first kappa shape index (κ1) is 15.0. The number of hydrogen-bond donors (Lipinski definition) is 1. The Labute approximate surface area is 134 Å². The van der Waals surface area contributed by atoms with Gasteiger partial charge in [-0.1, -0.05) is 30.3 Å². The highest BCUT2D eigenvalue weighted by atomic mass is 16.1. The highest BCUT2D eigenvalue weighted by Gasteiger charge is 1.99. The van der Waals surface area contributed by atoms with Crippen LogP contribution in [0.5, 0.6) is 0 Å². The van der Waals surface area contributed by atoms with Crippen molar-refractivity contribution < 1.29 is 0 Å². The molecule has 0 aliphatic heterocycles. The monoisotopic (exact) mass is 306 g/mol. The summed E-state index contributed by atoms with van der Waals surface area (Å²) in [5.74, 6) is 0.817. The second kappa shape index (κ2) is 6.87. The number of anilines is 1. The van der Waals surface area contributed by atoms with Gasteiger partial charge >= 0.3 is 0 Å². The van der Waals surface area contributed by atoms with Gasteiger partial charge in [0.1, 0.15) is 12.1 Å². The first-order valence-electron chi connectivity index (χ1n) is 7.46. The van der Waals surface area contributed by atoms with E-state index in [0.29, 0.717) is 13.1 Å². The van der Waals surface area contributed by atoms with Crippen LogP contribution >= 0.6 is 0 Å². The fourth-order valence-corrected chi connectivity index (χ4v) is 2.29. The normalized spacial score (nSPS) is 10.5. The zero-order valence-corrected chi connectivity index (χ0v) is 12.9. The third-order valence-electron chi connectivity index (χ3n) is 3.55. The molecule has 1 aromatic carbocycles. The summed E-state index contributed by atoms with van der Waals surface area (Å²) in [7, 11) is 0. The van der Waals surface area contributed by atoms with Crippen molar-refractivity contribution in [3.05, 3.63) is 88.2 Å². The van der Waals surface area contributed by atoms with Crippen LogP contribution in [0.4, 0.5) is 5.82 Å². The Morgan fingerprint density at radius 2 is 1.83 bits per heavy atom. The number of aryl methyl sites for hydroxylation is 1. The lowest BCUT2D eigenvalue weighted by molar-refractivity contribution is 0.759. The molecule has 0 amide bonds. The molecule has 0 saturated heterocycles. The van der Waals surface area contributed by atoms with Crippen molar-refractivity contribution in [2.45, 2.75) is 20.0 Å². The quantitative estimate of drug-likeness (QED) is 0.787. The molecule has 0 aliphatic rings. The maximum Gasteiger partial charge on any atom is 0.250 e. The number of nitrogens with zero attached hydrogens (tertiary/aromatic N) is 3. The summed E-state index contributed by atoms with van der Waals surface area (Å²) >= 11 is 0. The number of aromatic nitrogens is 3. The minimum atomic E-state index is 0.0115. The molecule has 0 aliphatic carbocycles. The molecule has 5 nitrogen and oxygen atoms in total. The molecule has 0 fully saturated rings. The molecule has 5 heteroatoms. The van der Waals surface area contributed by atoms with Gasteiger partial charge in [0.05, 0.1) is 6.54 Å². The van der Waals surface area contributed by atoms with Gasteiger partial charge in [-0.05, 0) is 24.1 Å². The topological polar surface area (TPSA) is 59.8 Å². The highest BCUT2D eigenvalue weighted by molar-refractivity contribution is 5.36. The third kappa shape index (κ3) is 4.03. The highest BCUT2D eigenvalue weighted by Crippen LogP contribution is 2.09. The van der Waals surface area contributed by atoms with Crippen LogP contribution in [-0.2, 0) is 13.1 Å². The Hall–Kier alpha value is -2.95. The van der Waals surface area contributed by atoms with Crippen LogP contribution in [0, 0.1) is 6.92 Å². The lowest BCUT2D eigenvalue weighted by Gasteiger charge is -2.08. The molecule has 23 heavy (non-hydrogen) atoms. The van der Waals surface area contributed by atoms with Crippen LogP contribution in [0.1, 0.15) is 16.8 Å². The number of hydrogen-bond acceptors (Lipinski definition) is 4. The maximum absolute atomic E-state index is 11.7. The van der Waals surface area contributed by atoms with E-state index in [0.717, 1.165) is 22.6 Å². The lowest BCUT2D eigenvalue weighted by Crippen LogP contribution is -2.18. The van der Waals surface area contributed by atoms with E-state index in [1.165, 1.54) is 0 Å². The lowest BCUT2D eigenvalue weighted by atomic mass is 10.1. The molecule has 116 valence electrons. The number of benzene rings is 1. The van der Waals surface area contributed by atoms with E-state index in [1.807, 2.05) is 31.2 Å². The molecule has 0 radical (unpaired) electrons. The van der Waals surface area contributed by atoms with Crippen molar-refractivity contribution in [2.75, 3.05) is 5.32 Å². The Balaban J connectivity index is 1.63. The maximum atomic E-state index is 11.7. The molecule has 0 saturated carbocycles. The number of pyridine rings is 1. The molecule has 2 aromatic heterocycles. The van der Waals surface area contributed by atoms with Gasteiger partial charge in [-0.25, -0.2) is 9.97 Å². The van der Waals surface area contributed by atoms with E-state index in [1.54, 1.807) is 29.2 Å². The van der Waals surface area contributed by atoms with Gasteiger partial charge in [-0.2, -0.15) is 0 Å². The van der Waals surface area contributed by atoms with Crippen LogP contribution in [0.25, 0.3) is 0 Å². The van der Waals surface area contributed by atoms with E-state index in [4.69, 9.17) is 0 Å². The molecule has 2 heterocycles. The number of rotatable bonds is 5. The van der Waals surface area contributed by atoms with Crippen molar-refractivity contribution in [2.24, 2.45) is 0 Å². The summed E-state index contributed by atoms with van der Waals surface area (Å²) in [6, 6.07) is 15.3. The molecule has 1 N–H and O–H groups in total. The van der Waals surface area contributed by atoms with E-state index in [2.05, 4.69) is 27.4 Å². The van der Waals surface area contributed by atoms with E-state index in [9.17, 15) is 4.79 Å². The molecule has 0 unspecified atom stereocenters. The standard InChI is InChI=1S/C18H18N4O/c1-14-10-17(21-13-20-14)19-11-15-5-7-16(8-6-15)12-22-9-3-2-4-18(22)23/h2-10,13H,11-12H2,1H3,(H,19,20,21). The summed E-state index contributed by atoms with van der Waals surface area (Å²) in [5, 5.41) is 3.27. The smallest absolute Gasteiger partial charge is 0.250 e. The van der Waals surface area contributed by atoms with Gasteiger partial charge < -0.3 is 9.88 Å². The average molecular weight is 306 g/mol. The van der Waals surface area contributed by atoms with Crippen LogP contribution in [0.15, 0.2) is 65.8 Å². The molecular weight excluding hydrogens is 288 g/mol. The second-order valence-electron chi connectivity index (χ2n) is 5.38. The third-order valence-corrected chi connectivity index (χ3v) is 3.55. The summed E-state index contributed by atoms with van der Waals surface area (Å²) < 4.78 is 1.69. The zero-order chi connectivity index (χ0) is 16.1. The van der Waals surface area contributed by atoms with E-state index >= 15 is 0 Å². The van der Waals surface area contributed by atoms with Crippen LogP contribution < -0.4 is 10.9 Å². The van der Waals surface area contributed by atoms with Gasteiger partial charge in [-0.3, -0.25) is 4.79 Å². The van der Waals surface area contributed by atoms with Gasteiger partial charge in [-0.15, -0.1) is 0 Å². The van der Waals surface area contributed by atoms with Gasteiger partial charge in [0.15, 0.2) is 0 Å². The van der Waals surface area contributed by atoms with Gasteiger partial charge in [0.25, 0.3) is 5.56 Å². The van der Waals surface area contributed by atoms with Crippen LogP contribution in [0.2, 0.25) is 0 Å². The molecule has 0 bridgehead atoms. The van der Waals surface area contributed by atoms with Crippen molar-refractivity contribution >= 4 is 5.82 Å². The molecule has 0 spiro atoms. The predicted molar refractivity (Wildman–Crippen MR) is 90.3 cm³/mol. The fourth-order valence-electron chi connectivity index (χ4n) is 2.29. The Morgan fingerprint density at radius 1 is 1.04 bits per heavy atom. The Morgan fingerprint density at radius 3 is 2.57 bits per heavy atom. The molecule has 3 rings (SSSR count). The minimum Gasteiger partial charge on any atom is -0.366 e. The Bertz CT molecular complexity index is 840.